The molecular formula is C42H82O4. The number of carbonyl (C=O) groups is 2. The monoisotopic (exact) mass is 651 g/mol. The summed E-state index contributed by atoms with van der Waals surface area (Å²) in [6.45, 7) is 9.03. The van der Waals surface area contributed by atoms with E-state index in [1.807, 2.05) is 0 Å². The standard InChI is InChI=1S/C42H82O4/c1-5-9-13-17-19-21-25-29-34-38(32-27-23-15-11-7-3)42(41(45)46,37-31-36-40(43)44)39(33-28-24-16-12-8-4)35-30-26-22-20-18-14-10-6-2/h38-39H,5-37H2,1-4H3,(H,43,44)(H,45,46). The van der Waals surface area contributed by atoms with Crippen LogP contribution in [0.3, 0.4) is 0 Å². The molecule has 0 aliphatic rings. The lowest BCUT2D eigenvalue weighted by Gasteiger charge is -2.44. The normalized spacial score (nSPS) is 14.3. The highest BCUT2D eigenvalue weighted by Gasteiger charge is 2.49. The number of carboxylic acids is 2. The van der Waals surface area contributed by atoms with Crippen LogP contribution in [0.4, 0.5) is 0 Å². The van der Waals surface area contributed by atoms with Crippen LogP contribution in [-0.2, 0) is 9.59 Å². The smallest absolute Gasteiger partial charge is 0.310 e. The van der Waals surface area contributed by atoms with Gasteiger partial charge in [-0.1, -0.05) is 195 Å². The van der Waals surface area contributed by atoms with Gasteiger partial charge in [0.15, 0.2) is 0 Å². The zero-order chi connectivity index (χ0) is 34.1. The van der Waals surface area contributed by atoms with Gasteiger partial charge in [0, 0.05) is 6.42 Å². The number of hydrogen-bond donors (Lipinski definition) is 2. The van der Waals surface area contributed by atoms with E-state index in [2.05, 4.69) is 27.7 Å². The molecule has 0 amide bonds. The van der Waals surface area contributed by atoms with E-state index in [1.165, 1.54) is 141 Å². The summed E-state index contributed by atoms with van der Waals surface area (Å²) in [5.74, 6) is -1.11. The summed E-state index contributed by atoms with van der Waals surface area (Å²) in [4.78, 5) is 25.4. The number of carboxylic acid groups (broad SMARTS) is 2. The lowest BCUT2D eigenvalue weighted by Crippen LogP contribution is -2.45. The number of hydrogen-bond acceptors (Lipinski definition) is 2. The van der Waals surface area contributed by atoms with Crippen LogP contribution in [0.15, 0.2) is 0 Å². The summed E-state index contributed by atoms with van der Waals surface area (Å²) < 4.78 is 0. The summed E-state index contributed by atoms with van der Waals surface area (Å²) in [6, 6.07) is 0. The minimum atomic E-state index is -0.798. The van der Waals surface area contributed by atoms with Crippen LogP contribution in [0.25, 0.3) is 0 Å². The predicted molar refractivity (Wildman–Crippen MR) is 200 cm³/mol. The van der Waals surface area contributed by atoms with E-state index in [9.17, 15) is 19.8 Å². The van der Waals surface area contributed by atoms with Crippen molar-refractivity contribution in [1.29, 1.82) is 0 Å². The van der Waals surface area contributed by atoms with Crippen molar-refractivity contribution in [1.82, 2.24) is 0 Å². The molecule has 0 aromatic heterocycles. The SMILES string of the molecule is CCCCCCCCCCC(CCCCCCC)C(CCCC(=O)O)(C(=O)O)C(CCCCCCC)CCCCCCCCCC. The van der Waals surface area contributed by atoms with Crippen molar-refractivity contribution in [2.45, 2.75) is 240 Å². The molecule has 0 saturated carbocycles. The molecule has 0 aliphatic carbocycles. The molecule has 4 heteroatoms. The quantitative estimate of drug-likeness (QED) is 0.0656. The fraction of sp³-hybridized carbons (Fsp3) is 0.952. The molecular weight excluding hydrogens is 568 g/mol. The Morgan fingerprint density at radius 1 is 0.413 bits per heavy atom. The molecule has 0 aliphatic heterocycles. The molecule has 4 nitrogen and oxygen atoms in total. The van der Waals surface area contributed by atoms with Gasteiger partial charge < -0.3 is 10.2 Å². The minimum absolute atomic E-state index is 0.0803. The third-order valence-electron chi connectivity index (χ3n) is 11.0. The maximum atomic E-state index is 13.8. The van der Waals surface area contributed by atoms with Gasteiger partial charge in [0.25, 0.3) is 0 Å². The largest absolute Gasteiger partial charge is 0.481 e. The first-order valence-electron chi connectivity index (χ1n) is 20.9. The van der Waals surface area contributed by atoms with Crippen molar-refractivity contribution in [3.05, 3.63) is 0 Å². The van der Waals surface area contributed by atoms with Gasteiger partial charge in [-0.3, -0.25) is 9.59 Å². The van der Waals surface area contributed by atoms with Crippen LogP contribution < -0.4 is 0 Å². The van der Waals surface area contributed by atoms with E-state index in [-0.39, 0.29) is 18.3 Å². The molecule has 0 radical (unpaired) electrons. The average molecular weight is 651 g/mol. The molecule has 0 spiro atoms. The molecule has 0 aromatic rings. The second-order valence-electron chi connectivity index (χ2n) is 14.9. The molecule has 46 heavy (non-hydrogen) atoms. The van der Waals surface area contributed by atoms with Gasteiger partial charge in [0.2, 0.25) is 0 Å². The maximum absolute atomic E-state index is 13.8. The minimum Gasteiger partial charge on any atom is -0.481 e. The van der Waals surface area contributed by atoms with Crippen LogP contribution in [-0.4, -0.2) is 22.2 Å². The molecule has 0 fully saturated rings. The van der Waals surface area contributed by atoms with Crippen molar-refractivity contribution in [3.63, 3.8) is 0 Å². The van der Waals surface area contributed by atoms with Crippen molar-refractivity contribution in [2.75, 3.05) is 0 Å². The molecule has 2 atom stereocenters. The Kier molecular flexibility index (Phi) is 31.7. The topological polar surface area (TPSA) is 74.6 Å². The van der Waals surface area contributed by atoms with E-state index < -0.39 is 17.4 Å². The molecule has 0 saturated heterocycles. The second kappa shape index (κ2) is 32.5. The first kappa shape index (κ1) is 44.9. The molecule has 0 rings (SSSR count). The van der Waals surface area contributed by atoms with E-state index >= 15 is 0 Å². The maximum Gasteiger partial charge on any atom is 0.310 e. The van der Waals surface area contributed by atoms with Gasteiger partial charge in [0.05, 0.1) is 5.41 Å². The summed E-state index contributed by atoms with van der Waals surface area (Å²) in [5, 5.41) is 20.9. The Morgan fingerprint density at radius 2 is 0.674 bits per heavy atom. The van der Waals surface area contributed by atoms with E-state index in [0.717, 1.165) is 51.4 Å². The molecule has 0 heterocycles. The van der Waals surface area contributed by atoms with Crippen molar-refractivity contribution in [2.24, 2.45) is 17.3 Å². The molecule has 2 unspecified atom stereocenters. The third-order valence-corrected chi connectivity index (χ3v) is 11.0. The lowest BCUT2D eigenvalue weighted by molar-refractivity contribution is -0.161. The number of rotatable bonds is 37. The molecule has 274 valence electrons. The van der Waals surface area contributed by atoms with Gasteiger partial charge in [-0.25, -0.2) is 0 Å². The summed E-state index contributed by atoms with van der Waals surface area (Å²) in [7, 11) is 0. The Hall–Kier alpha value is -1.06. The van der Waals surface area contributed by atoms with Crippen LogP contribution in [0, 0.1) is 17.3 Å². The molecule has 2 N–H and O–H groups in total. The second-order valence-corrected chi connectivity index (χ2v) is 14.9. The number of aliphatic carboxylic acids is 2. The Bertz CT molecular complexity index is 637. The third kappa shape index (κ3) is 22.5. The van der Waals surface area contributed by atoms with Crippen molar-refractivity contribution < 1.29 is 19.8 Å². The summed E-state index contributed by atoms with van der Waals surface area (Å²) in [5.41, 5.74) is -0.798. The van der Waals surface area contributed by atoms with Gasteiger partial charge in [-0.15, -0.1) is 0 Å². The highest BCUT2D eigenvalue weighted by molar-refractivity contribution is 5.76. The molecule has 0 bridgehead atoms. The zero-order valence-electron chi connectivity index (χ0n) is 31.7. The van der Waals surface area contributed by atoms with Gasteiger partial charge in [-0.05, 0) is 50.4 Å². The first-order chi connectivity index (χ1) is 22.4. The van der Waals surface area contributed by atoms with Crippen LogP contribution in [0.2, 0.25) is 0 Å². The van der Waals surface area contributed by atoms with Crippen molar-refractivity contribution in [3.8, 4) is 0 Å². The zero-order valence-corrected chi connectivity index (χ0v) is 31.7. The number of unbranched alkanes of at least 4 members (excludes halogenated alkanes) is 22. The summed E-state index contributed by atoms with van der Waals surface area (Å²) in [6.07, 6.45) is 37.3. The fourth-order valence-corrected chi connectivity index (χ4v) is 8.09. The summed E-state index contributed by atoms with van der Waals surface area (Å²) >= 11 is 0. The first-order valence-corrected chi connectivity index (χ1v) is 20.9. The van der Waals surface area contributed by atoms with Gasteiger partial charge in [0.1, 0.15) is 0 Å². The van der Waals surface area contributed by atoms with E-state index in [4.69, 9.17) is 0 Å². The van der Waals surface area contributed by atoms with Crippen molar-refractivity contribution >= 4 is 11.9 Å². The highest BCUT2D eigenvalue weighted by atomic mass is 16.4. The van der Waals surface area contributed by atoms with E-state index in [1.54, 1.807) is 0 Å². The Morgan fingerprint density at radius 3 is 0.913 bits per heavy atom. The van der Waals surface area contributed by atoms with Crippen LogP contribution in [0.1, 0.15) is 240 Å². The molecule has 0 aromatic carbocycles. The fourth-order valence-electron chi connectivity index (χ4n) is 8.09. The van der Waals surface area contributed by atoms with Crippen LogP contribution >= 0.6 is 0 Å². The lowest BCUT2D eigenvalue weighted by atomic mass is 9.58. The Labute approximate surface area is 288 Å². The predicted octanol–water partition coefficient (Wildman–Crippen LogP) is 14.3. The highest BCUT2D eigenvalue weighted by Crippen LogP contribution is 2.50. The van der Waals surface area contributed by atoms with Crippen LogP contribution in [0.5, 0.6) is 0 Å². The average Bonchev–Trinajstić information content (AvgIpc) is 3.03. The van der Waals surface area contributed by atoms with Gasteiger partial charge in [-0.2, -0.15) is 0 Å². The van der Waals surface area contributed by atoms with Gasteiger partial charge >= 0.3 is 11.9 Å². The Balaban J connectivity index is 6.02. The van der Waals surface area contributed by atoms with E-state index in [0.29, 0.717) is 12.8 Å².